The fourth-order valence-electron chi connectivity index (χ4n) is 1.42. The van der Waals surface area contributed by atoms with Gasteiger partial charge in [0.25, 0.3) is 0 Å². The fraction of sp³-hybridized carbons (Fsp3) is 0.417. The van der Waals surface area contributed by atoms with Crippen LogP contribution in [-0.4, -0.2) is 19.1 Å². The van der Waals surface area contributed by atoms with Crippen molar-refractivity contribution in [3.05, 3.63) is 24.0 Å². The molecular weight excluding hydrogens is 261 g/mol. The van der Waals surface area contributed by atoms with Crippen LogP contribution in [0.15, 0.2) is 18.2 Å². The van der Waals surface area contributed by atoms with Crippen LogP contribution in [0.25, 0.3) is 0 Å². The predicted octanol–water partition coefficient (Wildman–Crippen LogP) is 2.49. The summed E-state index contributed by atoms with van der Waals surface area (Å²) in [6.07, 6.45) is 1.63. The number of amides is 1. The highest BCUT2D eigenvalue weighted by Gasteiger charge is 2.11. The fourth-order valence-corrected chi connectivity index (χ4v) is 1.42. The van der Waals surface area contributed by atoms with Gasteiger partial charge in [0.15, 0.2) is 11.6 Å². The van der Waals surface area contributed by atoms with Gasteiger partial charge in [-0.2, -0.15) is 8.78 Å². The summed E-state index contributed by atoms with van der Waals surface area (Å²) < 4.78 is 41.1. The van der Waals surface area contributed by atoms with Gasteiger partial charge >= 0.3 is 6.61 Å². The molecule has 0 bridgehead atoms. The third kappa shape index (κ3) is 5.60. The minimum Gasteiger partial charge on any atom is -0.432 e. The summed E-state index contributed by atoms with van der Waals surface area (Å²) in [6, 6.07) is 3.26. The zero-order chi connectivity index (χ0) is 14.3. The number of ether oxygens (including phenoxy) is 1. The average molecular weight is 276 g/mol. The van der Waals surface area contributed by atoms with Crippen molar-refractivity contribution in [1.29, 1.82) is 0 Å². The first-order valence-electron chi connectivity index (χ1n) is 5.77. The van der Waals surface area contributed by atoms with E-state index in [-0.39, 0.29) is 18.0 Å². The molecular formula is C12H15F3N2O2. The van der Waals surface area contributed by atoms with Gasteiger partial charge in [-0.25, -0.2) is 4.39 Å². The molecule has 1 aromatic rings. The van der Waals surface area contributed by atoms with Crippen molar-refractivity contribution in [3.8, 4) is 5.75 Å². The van der Waals surface area contributed by atoms with E-state index in [9.17, 15) is 18.0 Å². The molecule has 1 aromatic carbocycles. The van der Waals surface area contributed by atoms with Crippen LogP contribution in [0.3, 0.4) is 0 Å². The Bertz CT molecular complexity index is 427. The van der Waals surface area contributed by atoms with Crippen molar-refractivity contribution in [2.75, 3.05) is 11.9 Å². The molecule has 0 saturated heterocycles. The summed E-state index contributed by atoms with van der Waals surface area (Å²) in [7, 11) is 0. The maximum Gasteiger partial charge on any atom is 0.387 e. The number of nitrogens with two attached hydrogens (primary N) is 1. The Morgan fingerprint density at radius 3 is 2.68 bits per heavy atom. The van der Waals surface area contributed by atoms with E-state index in [1.54, 1.807) is 0 Å². The normalized spacial score (nSPS) is 10.6. The van der Waals surface area contributed by atoms with Crippen molar-refractivity contribution in [1.82, 2.24) is 0 Å². The van der Waals surface area contributed by atoms with Gasteiger partial charge in [0.1, 0.15) is 0 Å². The third-order valence-electron chi connectivity index (χ3n) is 2.29. The van der Waals surface area contributed by atoms with Crippen molar-refractivity contribution in [2.24, 2.45) is 5.73 Å². The quantitative estimate of drug-likeness (QED) is 0.752. The first kappa shape index (κ1) is 15.3. The van der Waals surface area contributed by atoms with Crippen LogP contribution in [0.4, 0.5) is 18.9 Å². The number of anilines is 1. The van der Waals surface area contributed by atoms with Gasteiger partial charge in [0, 0.05) is 18.2 Å². The molecule has 3 N–H and O–H groups in total. The zero-order valence-corrected chi connectivity index (χ0v) is 10.2. The molecule has 0 aliphatic carbocycles. The lowest BCUT2D eigenvalue weighted by atomic mass is 10.2. The van der Waals surface area contributed by atoms with Crippen molar-refractivity contribution in [2.45, 2.75) is 25.9 Å². The molecule has 0 atom stereocenters. The first-order chi connectivity index (χ1) is 9.02. The molecule has 0 unspecified atom stereocenters. The summed E-state index contributed by atoms with van der Waals surface area (Å²) in [5.74, 6) is -1.80. The molecule has 106 valence electrons. The Morgan fingerprint density at radius 1 is 1.37 bits per heavy atom. The molecule has 0 aliphatic rings. The largest absolute Gasteiger partial charge is 0.432 e. The van der Waals surface area contributed by atoms with E-state index in [0.29, 0.717) is 13.0 Å². The number of carbonyl (C=O) groups is 1. The number of unbranched alkanes of at least 4 members (excludes halogenated alkanes) is 1. The monoisotopic (exact) mass is 276 g/mol. The summed E-state index contributed by atoms with van der Waals surface area (Å²) in [6.45, 7) is -2.59. The van der Waals surface area contributed by atoms with E-state index < -0.39 is 18.2 Å². The second-order valence-electron chi connectivity index (χ2n) is 3.82. The maximum absolute atomic E-state index is 13.3. The van der Waals surface area contributed by atoms with Crippen molar-refractivity contribution in [3.63, 3.8) is 0 Å². The summed E-state index contributed by atoms with van der Waals surface area (Å²) >= 11 is 0. The van der Waals surface area contributed by atoms with Crippen LogP contribution in [0.2, 0.25) is 0 Å². The van der Waals surface area contributed by atoms with Gasteiger partial charge in [0.05, 0.1) is 0 Å². The van der Waals surface area contributed by atoms with Gasteiger partial charge in [-0.15, -0.1) is 0 Å². The number of halogens is 3. The number of alkyl halides is 2. The van der Waals surface area contributed by atoms with Crippen LogP contribution in [-0.2, 0) is 4.79 Å². The number of hydrogen-bond acceptors (Lipinski definition) is 3. The van der Waals surface area contributed by atoms with Gasteiger partial charge < -0.3 is 15.8 Å². The minimum absolute atomic E-state index is 0.192. The molecule has 19 heavy (non-hydrogen) atoms. The van der Waals surface area contributed by atoms with Gasteiger partial charge in [-0.1, -0.05) is 0 Å². The van der Waals surface area contributed by atoms with E-state index in [4.69, 9.17) is 5.73 Å². The second-order valence-corrected chi connectivity index (χ2v) is 3.82. The highest BCUT2D eigenvalue weighted by Crippen LogP contribution is 2.22. The molecule has 1 amide bonds. The standard InChI is InChI=1S/C12H15F3N2O2/c13-9-7-8(4-5-10(9)19-12(14)15)17-11(18)3-1-2-6-16/h4-5,7,12H,1-3,6,16H2,(H,17,18). The Balaban J connectivity index is 2.55. The van der Waals surface area contributed by atoms with E-state index in [2.05, 4.69) is 10.1 Å². The Morgan fingerprint density at radius 2 is 2.11 bits per heavy atom. The minimum atomic E-state index is -3.09. The molecule has 0 aliphatic heterocycles. The highest BCUT2D eigenvalue weighted by atomic mass is 19.3. The number of benzene rings is 1. The average Bonchev–Trinajstić information content (AvgIpc) is 2.32. The van der Waals surface area contributed by atoms with Crippen LogP contribution >= 0.6 is 0 Å². The highest BCUT2D eigenvalue weighted by molar-refractivity contribution is 5.90. The lowest BCUT2D eigenvalue weighted by Crippen LogP contribution is -2.12. The molecule has 0 radical (unpaired) electrons. The molecule has 0 heterocycles. The first-order valence-corrected chi connectivity index (χ1v) is 5.77. The lowest BCUT2D eigenvalue weighted by Gasteiger charge is -2.08. The lowest BCUT2D eigenvalue weighted by molar-refractivity contribution is -0.116. The number of nitrogens with one attached hydrogen (secondary N) is 1. The smallest absolute Gasteiger partial charge is 0.387 e. The van der Waals surface area contributed by atoms with E-state index in [1.165, 1.54) is 6.07 Å². The van der Waals surface area contributed by atoms with Crippen LogP contribution in [0, 0.1) is 5.82 Å². The molecule has 0 spiro atoms. The van der Waals surface area contributed by atoms with E-state index >= 15 is 0 Å². The van der Waals surface area contributed by atoms with Gasteiger partial charge in [-0.3, -0.25) is 4.79 Å². The topological polar surface area (TPSA) is 64.4 Å². The SMILES string of the molecule is NCCCCC(=O)Nc1ccc(OC(F)F)c(F)c1. The zero-order valence-electron chi connectivity index (χ0n) is 10.2. The number of carbonyl (C=O) groups excluding carboxylic acids is 1. The molecule has 0 saturated carbocycles. The second kappa shape index (κ2) is 7.63. The van der Waals surface area contributed by atoms with Crippen molar-refractivity contribution < 1.29 is 22.7 Å². The molecule has 1 rings (SSSR count). The predicted molar refractivity (Wildman–Crippen MR) is 64.6 cm³/mol. The van der Waals surface area contributed by atoms with Crippen LogP contribution in [0.1, 0.15) is 19.3 Å². The Labute approximate surface area is 108 Å². The van der Waals surface area contributed by atoms with E-state index in [1.807, 2.05) is 0 Å². The molecule has 0 aromatic heterocycles. The molecule has 4 nitrogen and oxygen atoms in total. The summed E-state index contributed by atoms with van der Waals surface area (Å²) in [5.41, 5.74) is 5.48. The Hall–Kier alpha value is -1.76. The van der Waals surface area contributed by atoms with Crippen LogP contribution in [0.5, 0.6) is 5.75 Å². The molecule has 7 heteroatoms. The third-order valence-corrected chi connectivity index (χ3v) is 2.29. The van der Waals surface area contributed by atoms with Crippen molar-refractivity contribution >= 4 is 11.6 Å². The van der Waals surface area contributed by atoms with Gasteiger partial charge in [-0.05, 0) is 31.5 Å². The van der Waals surface area contributed by atoms with Crippen LogP contribution < -0.4 is 15.8 Å². The summed E-state index contributed by atoms with van der Waals surface area (Å²) in [4.78, 5) is 11.4. The Kier molecular flexibility index (Phi) is 6.14. The number of rotatable bonds is 7. The number of hydrogen-bond donors (Lipinski definition) is 2. The van der Waals surface area contributed by atoms with Gasteiger partial charge in [0.2, 0.25) is 5.91 Å². The molecule has 0 fully saturated rings. The maximum atomic E-state index is 13.3. The summed E-state index contributed by atoms with van der Waals surface area (Å²) in [5, 5.41) is 2.46. The van der Waals surface area contributed by atoms with E-state index in [0.717, 1.165) is 18.6 Å².